The van der Waals surface area contributed by atoms with Crippen LogP contribution in [0.3, 0.4) is 0 Å². The minimum atomic E-state index is -0.744. The first-order valence-corrected chi connectivity index (χ1v) is 8.37. The van der Waals surface area contributed by atoms with Gasteiger partial charge in [0, 0.05) is 11.8 Å². The zero-order valence-corrected chi connectivity index (χ0v) is 14.0. The van der Waals surface area contributed by atoms with Gasteiger partial charge in [-0.15, -0.1) is 11.3 Å². The molecule has 1 aromatic rings. The number of nitrogens with one attached hydrogen (secondary N) is 1. The molecule has 2 unspecified atom stereocenters. The van der Waals surface area contributed by atoms with Crippen LogP contribution in [0.25, 0.3) is 0 Å². The Kier molecular flexibility index (Phi) is 5.31. The van der Waals surface area contributed by atoms with Gasteiger partial charge in [0.05, 0.1) is 29.9 Å². The molecule has 1 amide bonds. The van der Waals surface area contributed by atoms with Crippen molar-refractivity contribution in [1.82, 2.24) is 10.3 Å². The molecule has 1 aliphatic heterocycles. The fourth-order valence-electron chi connectivity index (χ4n) is 2.26. The highest BCUT2D eigenvalue weighted by molar-refractivity contribution is 7.07. The van der Waals surface area contributed by atoms with E-state index in [1.165, 1.54) is 11.3 Å². The lowest BCUT2D eigenvalue weighted by Crippen LogP contribution is -2.52. The maximum atomic E-state index is 12.4. The Balaban J connectivity index is 1.96. The van der Waals surface area contributed by atoms with E-state index in [1.54, 1.807) is 12.4 Å². The minimum Gasteiger partial charge on any atom is -0.361 e. The number of carbonyl (C=O) groups is 2. The van der Waals surface area contributed by atoms with Crippen molar-refractivity contribution in [3.63, 3.8) is 0 Å². The lowest BCUT2D eigenvalue weighted by atomic mass is 9.93. The van der Waals surface area contributed by atoms with Crippen LogP contribution >= 0.6 is 11.3 Å². The quantitative estimate of drug-likeness (QED) is 0.692. The van der Waals surface area contributed by atoms with Crippen molar-refractivity contribution in [3.8, 4) is 0 Å². The number of nitrogens with two attached hydrogens (primary N) is 1. The van der Waals surface area contributed by atoms with Gasteiger partial charge in [0.1, 0.15) is 5.60 Å². The first kappa shape index (κ1) is 17.1. The molecule has 0 spiro atoms. The summed E-state index contributed by atoms with van der Waals surface area (Å²) in [5.74, 6) is -0.113. The van der Waals surface area contributed by atoms with Gasteiger partial charge in [-0.05, 0) is 19.3 Å². The smallest absolute Gasteiger partial charge is 0.237 e. The maximum absolute atomic E-state index is 12.4. The largest absolute Gasteiger partial charge is 0.361 e. The summed E-state index contributed by atoms with van der Waals surface area (Å²) >= 11 is 1.46. The molecule has 1 aromatic heterocycles. The molecule has 3 N–H and O–H groups in total. The molecular weight excluding hydrogens is 302 g/mol. The molecular formula is C15H23N3O3S. The van der Waals surface area contributed by atoms with Crippen LogP contribution in [-0.4, -0.2) is 41.0 Å². The number of Topliss-reactive ketones (excluding diaryl/α,β-unsaturated/α-hetero) is 1. The molecule has 2 heterocycles. The first-order valence-electron chi connectivity index (χ1n) is 7.43. The zero-order chi connectivity index (χ0) is 16.3. The second-order valence-corrected chi connectivity index (χ2v) is 7.08. The van der Waals surface area contributed by atoms with Crippen LogP contribution in [0.4, 0.5) is 0 Å². The highest BCUT2D eigenvalue weighted by atomic mass is 32.1. The molecule has 0 aliphatic carbocycles. The van der Waals surface area contributed by atoms with Crippen molar-refractivity contribution >= 4 is 23.0 Å². The zero-order valence-electron chi connectivity index (χ0n) is 13.2. The van der Waals surface area contributed by atoms with Crippen molar-refractivity contribution < 1.29 is 14.3 Å². The van der Waals surface area contributed by atoms with Gasteiger partial charge in [0.2, 0.25) is 5.91 Å². The van der Waals surface area contributed by atoms with Crippen molar-refractivity contribution in [3.05, 3.63) is 16.6 Å². The summed E-state index contributed by atoms with van der Waals surface area (Å²) in [7, 11) is 0. The number of amides is 1. The summed E-state index contributed by atoms with van der Waals surface area (Å²) in [5, 5.41) is 4.65. The fourth-order valence-corrected chi connectivity index (χ4v) is 2.83. The van der Waals surface area contributed by atoms with E-state index < -0.39 is 17.7 Å². The summed E-state index contributed by atoms with van der Waals surface area (Å²) in [6.45, 7) is 6.20. The van der Waals surface area contributed by atoms with Crippen LogP contribution in [0.2, 0.25) is 0 Å². The van der Waals surface area contributed by atoms with Gasteiger partial charge in [0.15, 0.2) is 5.78 Å². The fraction of sp³-hybridized carbons (Fsp3) is 0.667. The molecule has 6 nitrogen and oxygen atoms in total. The number of epoxide rings is 1. The van der Waals surface area contributed by atoms with Gasteiger partial charge in [-0.3, -0.25) is 9.59 Å². The molecule has 3 atom stereocenters. The standard InChI is InChI=1S/C15H23N3O3S/c1-9(2)4-12(13(19)15(3)7-21-15)18-14(20)11(16)5-10-6-22-8-17-10/h6,8-9,11-12H,4-5,7,16H2,1-3H3,(H,18,20)/t11-,12?,15?/m0/s1. The topological polar surface area (TPSA) is 97.6 Å². The van der Waals surface area contributed by atoms with Gasteiger partial charge in [-0.25, -0.2) is 4.98 Å². The molecule has 2 rings (SSSR count). The summed E-state index contributed by atoms with van der Waals surface area (Å²) in [6.07, 6.45) is 0.943. The van der Waals surface area contributed by atoms with Crippen LogP contribution in [0.1, 0.15) is 32.9 Å². The van der Waals surface area contributed by atoms with E-state index in [-0.39, 0.29) is 17.6 Å². The molecule has 1 fully saturated rings. The third-order valence-electron chi connectivity index (χ3n) is 3.69. The number of aromatic nitrogens is 1. The monoisotopic (exact) mass is 325 g/mol. The highest BCUT2D eigenvalue weighted by Gasteiger charge is 2.50. The molecule has 1 aliphatic rings. The number of nitrogens with zero attached hydrogens (tertiary/aromatic N) is 1. The second kappa shape index (κ2) is 6.85. The Labute approximate surface area is 134 Å². The van der Waals surface area contributed by atoms with Crippen LogP contribution in [0.5, 0.6) is 0 Å². The molecule has 7 heteroatoms. The number of ketones is 1. The number of hydrogen-bond acceptors (Lipinski definition) is 6. The number of carbonyl (C=O) groups excluding carboxylic acids is 2. The Morgan fingerprint density at radius 3 is 2.73 bits per heavy atom. The molecule has 22 heavy (non-hydrogen) atoms. The van der Waals surface area contributed by atoms with Crippen LogP contribution < -0.4 is 11.1 Å². The third-order valence-corrected chi connectivity index (χ3v) is 4.32. The van der Waals surface area contributed by atoms with Crippen molar-refractivity contribution in [2.45, 2.75) is 51.3 Å². The van der Waals surface area contributed by atoms with Gasteiger partial charge >= 0.3 is 0 Å². The van der Waals surface area contributed by atoms with Crippen LogP contribution in [-0.2, 0) is 20.7 Å². The average Bonchev–Trinajstić information content (AvgIpc) is 2.99. The lowest BCUT2D eigenvalue weighted by molar-refractivity contribution is -0.131. The Morgan fingerprint density at radius 2 is 2.23 bits per heavy atom. The number of hydrogen-bond donors (Lipinski definition) is 2. The average molecular weight is 325 g/mol. The Hall–Kier alpha value is -1.31. The van der Waals surface area contributed by atoms with E-state index in [2.05, 4.69) is 10.3 Å². The summed E-state index contributed by atoms with van der Waals surface area (Å²) in [6, 6.07) is -1.26. The molecule has 1 saturated heterocycles. The lowest BCUT2D eigenvalue weighted by Gasteiger charge is -2.23. The normalized spacial score (nSPS) is 23.1. The number of rotatable bonds is 8. The third kappa shape index (κ3) is 4.34. The van der Waals surface area contributed by atoms with Gasteiger partial charge in [0.25, 0.3) is 0 Å². The van der Waals surface area contributed by atoms with Gasteiger partial charge in [-0.1, -0.05) is 13.8 Å². The number of thiazole rings is 1. The molecule has 122 valence electrons. The minimum absolute atomic E-state index is 0.0737. The predicted octanol–water partition coefficient (Wildman–Crippen LogP) is 0.902. The van der Waals surface area contributed by atoms with Gasteiger partial charge in [-0.2, -0.15) is 0 Å². The van der Waals surface area contributed by atoms with E-state index in [1.807, 2.05) is 19.2 Å². The summed E-state index contributed by atoms with van der Waals surface area (Å²) < 4.78 is 5.21. The van der Waals surface area contributed by atoms with Gasteiger partial charge < -0.3 is 15.8 Å². The van der Waals surface area contributed by atoms with E-state index in [0.717, 1.165) is 5.69 Å². The number of ether oxygens (including phenoxy) is 1. The first-order chi connectivity index (χ1) is 10.3. The molecule has 0 radical (unpaired) electrons. The Morgan fingerprint density at radius 1 is 1.55 bits per heavy atom. The summed E-state index contributed by atoms with van der Waals surface area (Å²) in [5.41, 5.74) is 7.67. The van der Waals surface area contributed by atoms with Crippen molar-refractivity contribution in [2.24, 2.45) is 11.7 Å². The Bertz CT molecular complexity index is 526. The van der Waals surface area contributed by atoms with E-state index in [0.29, 0.717) is 19.4 Å². The molecule has 0 bridgehead atoms. The van der Waals surface area contributed by atoms with E-state index >= 15 is 0 Å². The van der Waals surface area contributed by atoms with Crippen molar-refractivity contribution in [1.29, 1.82) is 0 Å². The van der Waals surface area contributed by atoms with E-state index in [4.69, 9.17) is 10.5 Å². The van der Waals surface area contributed by atoms with Crippen molar-refractivity contribution in [2.75, 3.05) is 6.61 Å². The predicted molar refractivity (Wildman–Crippen MR) is 84.5 cm³/mol. The summed E-state index contributed by atoms with van der Waals surface area (Å²) in [4.78, 5) is 28.8. The van der Waals surface area contributed by atoms with Crippen LogP contribution in [0, 0.1) is 5.92 Å². The van der Waals surface area contributed by atoms with E-state index in [9.17, 15) is 9.59 Å². The molecule has 0 aromatic carbocycles. The highest BCUT2D eigenvalue weighted by Crippen LogP contribution is 2.29. The maximum Gasteiger partial charge on any atom is 0.237 e. The molecule has 0 saturated carbocycles. The van der Waals surface area contributed by atoms with Crippen LogP contribution in [0.15, 0.2) is 10.9 Å². The SMILES string of the molecule is CC(C)CC(NC(=O)[C@@H](N)Cc1cscn1)C(=O)C1(C)CO1. The second-order valence-electron chi connectivity index (χ2n) is 6.36.